The Morgan fingerprint density at radius 2 is 2.20 bits per heavy atom. The fourth-order valence-corrected chi connectivity index (χ4v) is 3.02. The van der Waals surface area contributed by atoms with Gasteiger partial charge < -0.3 is 15.1 Å². The summed E-state index contributed by atoms with van der Waals surface area (Å²) in [5.41, 5.74) is 0. The molecule has 4 heteroatoms. The molecule has 15 heavy (non-hydrogen) atoms. The van der Waals surface area contributed by atoms with Crippen LogP contribution in [-0.2, 0) is 0 Å². The largest absolute Gasteiger partial charge is 0.331 e. The van der Waals surface area contributed by atoms with Gasteiger partial charge in [0.05, 0.1) is 0 Å². The highest BCUT2D eigenvalue weighted by Crippen LogP contribution is 2.34. The summed E-state index contributed by atoms with van der Waals surface area (Å²) >= 11 is 0. The third-order valence-corrected chi connectivity index (χ3v) is 3.76. The van der Waals surface area contributed by atoms with Crippen LogP contribution in [0.1, 0.15) is 13.3 Å². The van der Waals surface area contributed by atoms with Crippen molar-refractivity contribution in [2.24, 2.45) is 11.8 Å². The second-order valence-electron chi connectivity index (χ2n) is 4.89. The highest BCUT2D eigenvalue weighted by Gasteiger charge is 2.45. The summed E-state index contributed by atoms with van der Waals surface area (Å²) in [5, 5.41) is 3.43. The van der Waals surface area contributed by atoms with Crippen LogP contribution in [0.4, 0.5) is 4.79 Å². The van der Waals surface area contributed by atoms with E-state index >= 15 is 0 Å². The van der Waals surface area contributed by atoms with E-state index in [0.717, 1.165) is 26.1 Å². The fourth-order valence-electron chi connectivity index (χ4n) is 3.02. The number of fused-ring (bicyclic) bond motifs is 1. The van der Waals surface area contributed by atoms with Gasteiger partial charge in [-0.15, -0.1) is 0 Å². The van der Waals surface area contributed by atoms with Crippen LogP contribution in [0.3, 0.4) is 0 Å². The van der Waals surface area contributed by atoms with E-state index in [0.29, 0.717) is 17.9 Å². The molecule has 2 amide bonds. The lowest BCUT2D eigenvalue weighted by molar-refractivity contribution is 0.157. The maximum absolute atomic E-state index is 12.0. The van der Waals surface area contributed by atoms with E-state index in [4.69, 9.17) is 0 Å². The molecule has 1 N–H and O–H groups in total. The van der Waals surface area contributed by atoms with Crippen molar-refractivity contribution >= 4 is 6.03 Å². The van der Waals surface area contributed by atoms with Gasteiger partial charge in [0.1, 0.15) is 0 Å². The van der Waals surface area contributed by atoms with E-state index in [1.165, 1.54) is 0 Å². The number of carbonyl (C=O) groups excluding carboxylic acids is 1. The lowest BCUT2D eigenvalue weighted by Crippen LogP contribution is -2.44. The van der Waals surface area contributed by atoms with Crippen molar-refractivity contribution in [3.63, 3.8) is 0 Å². The van der Waals surface area contributed by atoms with Gasteiger partial charge in [-0.3, -0.25) is 0 Å². The monoisotopic (exact) mass is 211 g/mol. The van der Waals surface area contributed by atoms with Crippen LogP contribution in [0.2, 0.25) is 0 Å². The molecule has 0 radical (unpaired) electrons. The van der Waals surface area contributed by atoms with Crippen molar-refractivity contribution < 1.29 is 4.79 Å². The molecule has 2 aliphatic rings. The van der Waals surface area contributed by atoms with Crippen molar-refractivity contribution in [1.29, 1.82) is 0 Å². The smallest absolute Gasteiger partial charge is 0.319 e. The van der Waals surface area contributed by atoms with Crippen molar-refractivity contribution in [1.82, 2.24) is 15.1 Å². The topological polar surface area (TPSA) is 35.6 Å². The van der Waals surface area contributed by atoms with Crippen LogP contribution >= 0.6 is 0 Å². The van der Waals surface area contributed by atoms with Crippen LogP contribution < -0.4 is 5.32 Å². The summed E-state index contributed by atoms with van der Waals surface area (Å²) in [5.74, 6) is 1.36. The molecule has 4 nitrogen and oxygen atoms in total. The van der Waals surface area contributed by atoms with E-state index in [1.807, 2.05) is 14.1 Å². The second kappa shape index (κ2) is 4.00. The molecule has 0 aliphatic carbocycles. The Morgan fingerprint density at radius 1 is 1.47 bits per heavy atom. The quantitative estimate of drug-likeness (QED) is 0.689. The first kappa shape index (κ1) is 10.7. The summed E-state index contributed by atoms with van der Waals surface area (Å²) in [4.78, 5) is 15.7. The van der Waals surface area contributed by atoms with E-state index < -0.39 is 0 Å². The molecule has 2 heterocycles. The minimum atomic E-state index is 0.177. The molecule has 0 aromatic carbocycles. The highest BCUT2D eigenvalue weighted by molar-refractivity contribution is 5.74. The molecule has 0 bridgehead atoms. The number of hydrogen-bond donors (Lipinski definition) is 1. The summed E-state index contributed by atoms with van der Waals surface area (Å²) in [6.07, 6.45) is 1.07. The first-order chi connectivity index (χ1) is 7.15. The summed E-state index contributed by atoms with van der Waals surface area (Å²) in [7, 11) is 3.67. The number of rotatable bonds is 1. The van der Waals surface area contributed by atoms with Crippen molar-refractivity contribution in [2.45, 2.75) is 19.4 Å². The minimum Gasteiger partial charge on any atom is -0.331 e. The molecule has 3 unspecified atom stereocenters. The van der Waals surface area contributed by atoms with E-state index in [1.54, 1.807) is 4.90 Å². The average Bonchev–Trinajstić information content (AvgIpc) is 2.74. The Kier molecular flexibility index (Phi) is 2.87. The molecule has 2 aliphatic heterocycles. The van der Waals surface area contributed by atoms with Gasteiger partial charge in [0.15, 0.2) is 0 Å². The second-order valence-corrected chi connectivity index (χ2v) is 4.89. The molecule has 0 saturated carbocycles. The standard InChI is InChI=1S/C11H21N3O/c1-4-10-9-6-12-5-8(9)7-14(10)11(15)13(2)3/h8-10,12H,4-7H2,1-3H3. The molecule has 2 saturated heterocycles. The Labute approximate surface area is 91.6 Å². The van der Waals surface area contributed by atoms with Crippen LogP contribution in [-0.4, -0.2) is 55.6 Å². The Bertz CT molecular complexity index is 254. The number of nitrogens with one attached hydrogen (secondary N) is 1. The van der Waals surface area contributed by atoms with E-state index in [2.05, 4.69) is 17.1 Å². The van der Waals surface area contributed by atoms with Crippen LogP contribution in [0, 0.1) is 11.8 Å². The third-order valence-electron chi connectivity index (χ3n) is 3.76. The van der Waals surface area contributed by atoms with Crippen LogP contribution in [0.5, 0.6) is 0 Å². The van der Waals surface area contributed by atoms with Gasteiger partial charge in [0.2, 0.25) is 0 Å². The lowest BCUT2D eigenvalue weighted by atomic mass is 9.93. The number of likely N-dealkylation sites (tertiary alicyclic amines) is 1. The van der Waals surface area contributed by atoms with Gasteiger partial charge in [0, 0.05) is 39.8 Å². The zero-order valence-corrected chi connectivity index (χ0v) is 9.86. The summed E-state index contributed by atoms with van der Waals surface area (Å²) < 4.78 is 0. The van der Waals surface area contributed by atoms with Crippen molar-refractivity contribution in [3.05, 3.63) is 0 Å². The first-order valence-corrected chi connectivity index (χ1v) is 5.83. The predicted octanol–water partition coefficient (Wildman–Crippen LogP) is 0.598. The SMILES string of the molecule is CCC1C2CNCC2CN1C(=O)N(C)C. The fraction of sp³-hybridized carbons (Fsp3) is 0.909. The lowest BCUT2D eigenvalue weighted by Gasteiger charge is -2.29. The molecule has 0 aromatic rings. The van der Waals surface area contributed by atoms with Gasteiger partial charge in [-0.25, -0.2) is 4.79 Å². The first-order valence-electron chi connectivity index (χ1n) is 5.83. The zero-order valence-electron chi connectivity index (χ0n) is 9.86. The molecular weight excluding hydrogens is 190 g/mol. The minimum absolute atomic E-state index is 0.177. The van der Waals surface area contributed by atoms with Gasteiger partial charge in [-0.1, -0.05) is 6.92 Å². The third kappa shape index (κ3) is 1.71. The molecule has 2 rings (SSSR count). The predicted molar refractivity (Wildman–Crippen MR) is 59.7 cm³/mol. The molecule has 0 aromatic heterocycles. The molecule has 0 spiro atoms. The number of amides is 2. The molecule has 2 fully saturated rings. The summed E-state index contributed by atoms with van der Waals surface area (Å²) in [6.45, 7) is 5.28. The summed E-state index contributed by atoms with van der Waals surface area (Å²) in [6, 6.07) is 0.621. The van der Waals surface area contributed by atoms with Crippen molar-refractivity contribution in [2.75, 3.05) is 33.7 Å². The van der Waals surface area contributed by atoms with Crippen molar-refractivity contribution in [3.8, 4) is 0 Å². The molecular formula is C11H21N3O. The number of nitrogens with zero attached hydrogens (tertiary/aromatic N) is 2. The maximum Gasteiger partial charge on any atom is 0.319 e. The van der Waals surface area contributed by atoms with Gasteiger partial charge in [0.25, 0.3) is 0 Å². The van der Waals surface area contributed by atoms with Crippen LogP contribution in [0.25, 0.3) is 0 Å². The maximum atomic E-state index is 12.0. The Morgan fingerprint density at radius 3 is 2.80 bits per heavy atom. The zero-order chi connectivity index (χ0) is 11.0. The number of carbonyl (C=O) groups is 1. The van der Waals surface area contributed by atoms with E-state index in [-0.39, 0.29) is 6.03 Å². The molecule has 3 atom stereocenters. The van der Waals surface area contributed by atoms with Gasteiger partial charge in [-0.2, -0.15) is 0 Å². The normalized spacial score (nSPS) is 34.3. The Hall–Kier alpha value is -0.770. The van der Waals surface area contributed by atoms with Gasteiger partial charge in [-0.05, 0) is 18.3 Å². The Balaban J connectivity index is 2.10. The average molecular weight is 211 g/mol. The van der Waals surface area contributed by atoms with Gasteiger partial charge >= 0.3 is 6.03 Å². The number of hydrogen-bond acceptors (Lipinski definition) is 2. The molecule has 86 valence electrons. The number of urea groups is 1. The van der Waals surface area contributed by atoms with Crippen LogP contribution in [0.15, 0.2) is 0 Å². The highest BCUT2D eigenvalue weighted by atomic mass is 16.2. The van der Waals surface area contributed by atoms with E-state index in [9.17, 15) is 4.79 Å².